The van der Waals surface area contributed by atoms with Crippen molar-refractivity contribution in [2.45, 2.75) is 50.0 Å². The molecule has 2 aromatic carbocycles. The summed E-state index contributed by atoms with van der Waals surface area (Å²) in [5.41, 5.74) is 2.64. The van der Waals surface area contributed by atoms with Gasteiger partial charge in [-0.05, 0) is 55.7 Å². The van der Waals surface area contributed by atoms with Gasteiger partial charge in [0.05, 0.1) is 15.1 Å². The van der Waals surface area contributed by atoms with Crippen molar-refractivity contribution in [3.8, 4) is 5.19 Å². The molecule has 3 heterocycles. The molecule has 180 valence electrons. The number of nitrogens with zero attached hydrogens (tertiary/aromatic N) is 3. The number of piperidine rings is 2. The Bertz CT molecular complexity index is 1270. The van der Waals surface area contributed by atoms with Gasteiger partial charge in [0.25, 0.3) is 11.1 Å². The number of hydrogen-bond donors (Lipinski definition) is 0. The van der Waals surface area contributed by atoms with Crippen molar-refractivity contribution in [2.24, 2.45) is 0 Å². The first-order chi connectivity index (χ1) is 16.4. The highest BCUT2D eigenvalue weighted by Gasteiger charge is 2.28. The van der Waals surface area contributed by atoms with Gasteiger partial charge in [-0.15, -0.1) is 0 Å². The topological polar surface area (TPSA) is 79.8 Å². The minimum Gasteiger partial charge on any atom is -0.467 e. The van der Waals surface area contributed by atoms with Crippen molar-refractivity contribution < 1.29 is 17.9 Å². The third-order valence-corrected chi connectivity index (χ3v) is 9.48. The van der Waals surface area contributed by atoms with Gasteiger partial charge in [0, 0.05) is 44.6 Å². The van der Waals surface area contributed by atoms with E-state index in [9.17, 15) is 13.2 Å². The number of para-hydroxylation sites is 1. The lowest BCUT2D eigenvalue weighted by atomic mass is 10.1. The fourth-order valence-corrected chi connectivity index (χ4v) is 7.12. The van der Waals surface area contributed by atoms with Crippen LogP contribution in [-0.4, -0.2) is 60.8 Å². The van der Waals surface area contributed by atoms with E-state index in [2.05, 4.69) is 11.1 Å². The third kappa shape index (κ3) is 4.69. The first kappa shape index (κ1) is 23.3. The molecule has 0 N–H and O–H groups in total. The molecule has 3 aromatic rings. The molecule has 0 atom stereocenters. The van der Waals surface area contributed by atoms with Crippen LogP contribution in [0.5, 0.6) is 5.19 Å². The summed E-state index contributed by atoms with van der Waals surface area (Å²) in [6, 6.07) is 12.5. The second-order valence-electron chi connectivity index (χ2n) is 9.00. The van der Waals surface area contributed by atoms with E-state index in [1.54, 1.807) is 39.9 Å². The fraction of sp³-hybridized carbons (Fsp3) is 0.440. The van der Waals surface area contributed by atoms with Gasteiger partial charge in [-0.3, -0.25) is 4.79 Å². The van der Waals surface area contributed by atoms with Gasteiger partial charge >= 0.3 is 0 Å². The highest BCUT2D eigenvalue weighted by atomic mass is 32.2. The van der Waals surface area contributed by atoms with Crippen molar-refractivity contribution in [3.05, 3.63) is 53.6 Å². The zero-order valence-corrected chi connectivity index (χ0v) is 20.9. The number of thiazole rings is 1. The molecule has 2 aliphatic heterocycles. The van der Waals surface area contributed by atoms with E-state index < -0.39 is 10.0 Å². The summed E-state index contributed by atoms with van der Waals surface area (Å²) in [6.07, 6.45) is 4.37. The average molecular weight is 500 g/mol. The maximum Gasteiger partial charge on any atom is 0.274 e. The molecule has 7 nitrogen and oxygen atoms in total. The molecule has 1 amide bonds. The average Bonchev–Trinajstić information content (AvgIpc) is 3.28. The Balaban J connectivity index is 1.18. The zero-order chi connectivity index (χ0) is 23.7. The van der Waals surface area contributed by atoms with Crippen molar-refractivity contribution >= 4 is 37.5 Å². The Labute approximate surface area is 204 Å². The maximum atomic E-state index is 13.0. The van der Waals surface area contributed by atoms with Gasteiger partial charge in [0.2, 0.25) is 10.0 Å². The number of fused-ring (bicyclic) bond motifs is 1. The number of amides is 1. The molecule has 0 saturated carbocycles. The Morgan fingerprint density at radius 1 is 1.00 bits per heavy atom. The van der Waals surface area contributed by atoms with Crippen LogP contribution in [-0.2, 0) is 10.0 Å². The highest BCUT2D eigenvalue weighted by Crippen LogP contribution is 2.31. The van der Waals surface area contributed by atoms with E-state index in [1.165, 1.54) is 0 Å². The summed E-state index contributed by atoms with van der Waals surface area (Å²) in [5.74, 6) is -0.0732. The predicted octanol–water partition coefficient (Wildman–Crippen LogP) is 4.46. The lowest BCUT2D eigenvalue weighted by molar-refractivity contribution is 0.0595. The van der Waals surface area contributed by atoms with Crippen LogP contribution in [0.1, 0.15) is 48.0 Å². The number of ether oxygens (including phenoxy) is 1. The second kappa shape index (κ2) is 9.64. The smallest absolute Gasteiger partial charge is 0.274 e. The van der Waals surface area contributed by atoms with Gasteiger partial charge < -0.3 is 9.64 Å². The number of hydrogen-bond acceptors (Lipinski definition) is 6. The zero-order valence-electron chi connectivity index (χ0n) is 19.3. The van der Waals surface area contributed by atoms with Crippen molar-refractivity contribution in [1.82, 2.24) is 14.2 Å². The molecule has 0 aliphatic carbocycles. The lowest BCUT2D eigenvalue weighted by Gasteiger charge is -2.31. The van der Waals surface area contributed by atoms with E-state index in [1.807, 2.05) is 24.0 Å². The Morgan fingerprint density at radius 3 is 2.38 bits per heavy atom. The van der Waals surface area contributed by atoms with E-state index >= 15 is 0 Å². The van der Waals surface area contributed by atoms with Crippen LogP contribution in [0, 0.1) is 6.92 Å². The number of aryl methyl sites for hydroxylation is 1. The first-order valence-electron chi connectivity index (χ1n) is 11.8. The number of rotatable bonds is 5. The Morgan fingerprint density at radius 2 is 1.71 bits per heavy atom. The van der Waals surface area contributed by atoms with Crippen LogP contribution in [0.3, 0.4) is 0 Å². The summed E-state index contributed by atoms with van der Waals surface area (Å²) >= 11 is 1.56. The molecule has 2 saturated heterocycles. The van der Waals surface area contributed by atoms with Crippen LogP contribution in [0.15, 0.2) is 47.4 Å². The first-order valence-corrected chi connectivity index (χ1v) is 14.1. The lowest BCUT2D eigenvalue weighted by Crippen LogP contribution is -2.41. The van der Waals surface area contributed by atoms with E-state index in [0.29, 0.717) is 36.9 Å². The Kier molecular flexibility index (Phi) is 6.59. The molecule has 0 spiro atoms. The van der Waals surface area contributed by atoms with Crippen LogP contribution in [0.4, 0.5) is 0 Å². The molecule has 0 bridgehead atoms. The summed E-state index contributed by atoms with van der Waals surface area (Å²) < 4.78 is 34.5. The SMILES string of the molecule is Cc1cccc2sc(OC3CCN(C(=O)c4ccc(S(=O)(=O)N5CCCCC5)cc4)CC3)nc12. The number of carbonyl (C=O) groups excluding carboxylic acids is 1. The molecule has 5 rings (SSSR count). The maximum absolute atomic E-state index is 13.0. The van der Waals surface area contributed by atoms with Crippen LogP contribution in [0.2, 0.25) is 0 Å². The number of likely N-dealkylation sites (tertiary alicyclic amines) is 1. The van der Waals surface area contributed by atoms with Gasteiger partial charge in [-0.1, -0.05) is 29.9 Å². The van der Waals surface area contributed by atoms with E-state index in [0.717, 1.165) is 47.9 Å². The molecule has 2 aliphatic rings. The summed E-state index contributed by atoms with van der Waals surface area (Å²) in [5, 5.41) is 0.680. The van der Waals surface area contributed by atoms with Gasteiger partial charge in [0.1, 0.15) is 6.10 Å². The predicted molar refractivity (Wildman–Crippen MR) is 133 cm³/mol. The second-order valence-corrected chi connectivity index (χ2v) is 11.9. The van der Waals surface area contributed by atoms with E-state index in [4.69, 9.17) is 4.74 Å². The molecule has 0 radical (unpaired) electrons. The van der Waals surface area contributed by atoms with Crippen molar-refractivity contribution in [2.75, 3.05) is 26.2 Å². The van der Waals surface area contributed by atoms with Gasteiger partial charge in [-0.25, -0.2) is 13.4 Å². The summed E-state index contributed by atoms with van der Waals surface area (Å²) in [6.45, 7) is 4.38. The summed E-state index contributed by atoms with van der Waals surface area (Å²) in [7, 11) is -3.49. The molecular formula is C25H29N3O4S2. The molecule has 34 heavy (non-hydrogen) atoms. The van der Waals surface area contributed by atoms with Crippen LogP contribution >= 0.6 is 11.3 Å². The normalized spacial score (nSPS) is 18.3. The minimum atomic E-state index is -3.49. The van der Waals surface area contributed by atoms with E-state index in [-0.39, 0.29) is 16.9 Å². The van der Waals surface area contributed by atoms with Gasteiger partial charge in [-0.2, -0.15) is 4.31 Å². The highest BCUT2D eigenvalue weighted by molar-refractivity contribution is 7.89. The number of aromatic nitrogens is 1. The molecule has 1 aromatic heterocycles. The molecule has 2 fully saturated rings. The van der Waals surface area contributed by atoms with Crippen LogP contribution < -0.4 is 4.74 Å². The van der Waals surface area contributed by atoms with Crippen molar-refractivity contribution in [1.29, 1.82) is 0 Å². The molecule has 9 heteroatoms. The monoisotopic (exact) mass is 499 g/mol. The van der Waals surface area contributed by atoms with Crippen molar-refractivity contribution in [3.63, 3.8) is 0 Å². The standard InChI is InChI=1S/C25H29N3O4S2/c1-18-6-5-7-22-23(18)26-25(33-22)32-20-12-16-27(17-13-20)24(29)19-8-10-21(11-9-19)34(30,31)28-14-3-2-4-15-28/h5-11,20H,2-4,12-17H2,1H3. The molecular weight excluding hydrogens is 470 g/mol. The molecule has 0 unspecified atom stereocenters. The minimum absolute atomic E-state index is 0.0296. The van der Waals surface area contributed by atoms with Crippen LogP contribution in [0.25, 0.3) is 10.2 Å². The summed E-state index contributed by atoms with van der Waals surface area (Å²) in [4.78, 5) is 19.7. The Hall–Kier alpha value is -2.49. The quantitative estimate of drug-likeness (QED) is 0.518. The third-order valence-electron chi connectivity index (χ3n) is 6.65. The van der Waals surface area contributed by atoms with Gasteiger partial charge in [0.15, 0.2) is 0 Å². The number of benzene rings is 2. The number of sulfonamides is 1. The fourth-order valence-electron chi connectivity index (χ4n) is 4.64. The number of carbonyl (C=O) groups is 1. The largest absolute Gasteiger partial charge is 0.467 e.